The van der Waals surface area contributed by atoms with Crippen molar-refractivity contribution in [1.82, 2.24) is 15.0 Å². The van der Waals surface area contributed by atoms with E-state index < -0.39 is 0 Å². The number of benzene rings is 8. The smallest absolute Gasteiger partial charge is 0.164 e. The first-order valence-corrected chi connectivity index (χ1v) is 16.4. The first-order chi connectivity index (χ1) is 24.3. The summed E-state index contributed by atoms with van der Waals surface area (Å²) in [6, 6.07) is 56.8. The Hall–Kier alpha value is -6.65. The van der Waals surface area contributed by atoms with Gasteiger partial charge in [0.1, 0.15) is 11.2 Å². The predicted octanol–water partition coefficient (Wildman–Crippen LogP) is 11.9. The monoisotopic (exact) mass is 625 g/mol. The Morgan fingerprint density at radius 3 is 1.84 bits per heavy atom. The SMILES string of the molecule is c1ccc(-c2cccc3c2oc2cccc(-c4nc(-c5ccc6ccccc6c5)nc(-c5cc6ccccc6c6ccccc56)n4)c23)cc1. The van der Waals surface area contributed by atoms with Gasteiger partial charge in [0.2, 0.25) is 0 Å². The fraction of sp³-hybridized carbons (Fsp3) is 0. The highest BCUT2D eigenvalue weighted by Gasteiger charge is 2.20. The Labute approximate surface area is 282 Å². The highest BCUT2D eigenvalue weighted by atomic mass is 16.3. The molecule has 0 atom stereocenters. The molecule has 0 unspecified atom stereocenters. The van der Waals surface area contributed by atoms with Gasteiger partial charge in [-0.2, -0.15) is 0 Å². The normalized spacial score (nSPS) is 11.7. The fourth-order valence-corrected chi connectivity index (χ4v) is 7.19. The van der Waals surface area contributed by atoms with E-state index in [-0.39, 0.29) is 0 Å². The van der Waals surface area contributed by atoms with Crippen molar-refractivity contribution in [2.75, 3.05) is 0 Å². The Morgan fingerprint density at radius 2 is 0.980 bits per heavy atom. The van der Waals surface area contributed by atoms with Gasteiger partial charge < -0.3 is 4.42 Å². The van der Waals surface area contributed by atoms with Crippen LogP contribution < -0.4 is 0 Å². The summed E-state index contributed by atoms with van der Waals surface area (Å²) < 4.78 is 6.61. The Kier molecular flexibility index (Phi) is 6.15. The Bertz CT molecular complexity index is 2890. The summed E-state index contributed by atoms with van der Waals surface area (Å²) in [6.07, 6.45) is 0. The van der Waals surface area contributed by atoms with Gasteiger partial charge in [-0.05, 0) is 56.1 Å². The van der Waals surface area contributed by atoms with E-state index in [4.69, 9.17) is 19.4 Å². The van der Waals surface area contributed by atoms with Crippen LogP contribution in [0.3, 0.4) is 0 Å². The van der Waals surface area contributed by atoms with E-state index in [2.05, 4.69) is 146 Å². The Morgan fingerprint density at radius 1 is 0.347 bits per heavy atom. The van der Waals surface area contributed by atoms with Gasteiger partial charge in [-0.15, -0.1) is 0 Å². The van der Waals surface area contributed by atoms with Gasteiger partial charge in [-0.25, -0.2) is 15.0 Å². The van der Waals surface area contributed by atoms with Crippen LogP contribution in [0.1, 0.15) is 0 Å². The summed E-state index contributed by atoms with van der Waals surface area (Å²) in [7, 11) is 0. The molecule has 0 N–H and O–H groups in total. The fourth-order valence-electron chi connectivity index (χ4n) is 7.19. The highest BCUT2D eigenvalue weighted by Crippen LogP contribution is 2.41. The molecule has 0 aliphatic heterocycles. The van der Waals surface area contributed by atoms with Crippen molar-refractivity contribution in [2.45, 2.75) is 0 Å². The molecule has 0 radical (unpaired) electrons. The van der Waals surface area contributed by atoms with Crippen molar-refractivity contribution in [2.24, 2.45) is 0 Å². The maximum absolute atomic E-state index is 6.61. The molecule has 0 aliphatic rings. The minimum Gasteiger partial charge on any atom is -0.455 e. The van der Waals surface area contributed by atoms with E-state index in [1.54, 1.807) is 0 Å². The van der Waals surface area contributed by atoms with Gasteiger partial charge in [0.05, 0.1) is 0 Å². The molecule has 0 aliphatic carbocycles. The third kappa shape index (κ3) is 4.49. The largest absolute Gasteiger partial charge is 0.455 e. The highest BCUT2D eigenvalue weighted by molar-refractivity contribution is 6.16. The molecular formula is C45H27N3O. The van der Waals surface area contributed by atoms with Gasteiger partial charge in [0.15, 0.2) is 17.5 Å². The molecule has 0 spiro atoms. The van der Waals surface area contributed by atoms with Crippen LogP contribution in [-0.4, -0.2) is 15.0 Å². The molecule has 0 fully saturated rings. The van der Waals surface area contributed by atoms with Crippen molar-refractivity contribution in [3.05, 3.63) is 164 Å². The number of para-hydroxylation sites is 1. The average Bonchev–Trinajstić information content (AvgIpc) is 3.57. The van der Waals surface area contributed by atoms with Crippen LogP contribution in [0, 0.1) is 0 Å². The van der Waals surface area contributed by atoms with Crippen LogP contribution in [0.15, 0.2) is 168 Å². The quantitative estimate of drug-likeness (QED) is 0.183. The van der Waals surface area contributed by atoms with Crippen LogP contribution in [0.2, 0.25) is 0 Å². The lowest BCUT2D eigenvalue weighted by atomic mass is 9.96. The molecule has 2 aromatic heterocycles. The number of rotatable bonds is 4. The third-order valence-corrected chi connectivity index (χ3v) is 9.50. The van der Waals surface area contributed by atoms with Crippen molar-refractivity contribution in [3.63, 3.8) is 0 Å². The summed E-state index contributed by atoms with van der Waals surface area (Å²) in [4.78, 5) is 15.7. The maximum Gasteiger partial charge on any atom is 0.164 e. The van der Waals surface area contributed by atoms with Gasteiger partial charge >= 0.3 is 0 Å². The molecule has 2 heterocycles. The summed E-state index contributed by atoms with van der Waals surface area (Å²) >= 11 is 0. The zero-order valence-electron chi connectivity index (χ0n) is 26.3. The number of furan rings is 1. The molecule has 10 aromatic rings. The van der Waals surface area contributed by atoms with Crippen LogP contribution >= 0.6 is 0 Å². The van der Waals surface area contributed by atoms with E-state index in [0.29, 0.717) is 17.5 Å². The number of hydrogen-bond acceptors (Lipinski definition) is 4. The van der Waals surface area contributed by atoms with E-state index >= 15 is 0 Å². The van der Waals surface area contributed by atoms with E-state index in [9.17, 15) is 0 Å². The number of nitrogens with zero attached hydrogens (tertiary/aromatic N) is 3. The van der Waals surface area contributed by atoms with Crippen LogP contribution in [0.25, 0.3) is 99.5 Å². The van der Waals surface area contributed by atoms with Crippen molar-refractivity contribution in [1.29, 1.82) is 0 Å². The molecule has 10 rings (SSSR count). The lowest BCUT2D eigenvalue weighted by Gasteiger charge is -2.13. The number of aromatic nitrogens is 3. The zero-order chi connectivity index (χ0) is 32.3. The van der Waals surface area contributed by atoms with Gasteiger partial charge in [0.25, 0.3) is 0 Å². The molecule has 0 bridgehead atoms. The molecular weight excluding hydrogens is 599 g/mol. The number of hydrogen-bond donors (Lipinski definition) is 0. The topological polar surface area (TPSA) is 51.8 Å². The van der Waals surface area contributed by atoms with Crippen molar-refractivity contribution in [3.8, 4) is 45.3 Å². The molecule has 0 amide bonds. The molecule has 228 valence electrons. The maximum atomic E-state index is 6.61. The predicted molar refractivity (Wildman–Crippen MR) is 201 cm³/mol. The molecule has 0 saturated carbocycles. The molecule has 4 heteroatoms. The molecule has 0 saturated heterocycles. The summed E-state index contributed by atoms with van der Waals surface area (Å²) in [6.45, 7) is 0. The second kappa shape index (κ2) is 11.0. The molecule has 8 aromatic carbocycles. The lowest BCUT2D eigenvalue weighted by Crippen LogP contribution is -2.01. The number of fused-ring (bicyclic) bond motifs is 7. The minimum atomic E-state index is 0.601. The van der Waals surface area contributed by atoms with E-state index in [1.807, 2.05) is 18.2 Å². The average molecular weight is 626 g/mol. The van der Waals surface area contributed by atoms with Crippen molar-refractivity contribution < 1.29 is 4.42 Å². The minimum absolute atomic E-state index is 0.601. The Balaban J connectivity index is 1.27. The third-order valence-electron chi connectivity index (χ3n) is 9.50. The second-order valence-corrected chi connectivity index (χ2v) is 12.4. The lowest BCUT2D eigenvalue weighted by molar-refractivity contribution is 0.670. The zero-order valence-corrected chi connectivity index (χ0v) is 26.3. The first-order valence-electron chi connectivity index (χ1n) is 16.4. The van der Waals surface area contributed by atoms with Crippen molar-refractivity contribution >= 4 is 54.3 Å². The first kappa shape index (κ1) is 27.5. The summed E-state index contributed by atoms with van der Waals surface area (Å²) in [5, 5.41) is 8.93. The van der Waals surface area contributed by atoms with E-state index in [1.165, 1.54) is 16.2 Å². The van der Waals surface area contributed by atoms with Gasteiger partial charge in [-0.1, -0.05) is 146 Å². The van der Waals surface area contributed by atoms with Gasteiger partial charge in [0, 0.05) is 33.0 Å². The van der Waals surface area contributed by atoms with Crippen LogP contribution in [0.5, 0.6) is 0 Å². The summed E-state index contributed by atoms with van der Waals surface area (Å²) in [5.41, 5.74) is 6.60. The van der Waals surface area contributed by atoms with Crippen LogP contribution in [0.4, 0.5) is 0 Å². The second-order valence-electron chi connectivity index (χ2n) is 12.4. The standard InChI is InChI=1S/C45H27N3O/c1-2-13-29(14-3-1)34-20-10-21-37-41-38(22-11-23-40(41)49-42(34)37)44-46-43(32-25-24-28-12-4-5-15-30(28)26-32)47-45(48-44)39-27-31-16-6-7-17-33(31)35-18-8-9-19-36(35)39/h1-27H. The molecule has 4 nitrogen and oxygen atoms in total. The van der Waals surface area contributed by atoms with Gasteiger partial charge in [-0.3, -0.25) is 0 Å². The summed E-state index contributed by atoms with van der Waals surface area (Å²) in [5.74, 6) is 1.85. The molecule has 49 heavy (non-hydrogen) atoms. The van der Waals surface area contributed by atoms with Crippen LogP contribution in [-0.2, 0) is 0 Å². The van der Waals surface area contributed by atoms with E-state index in [0.717, 1.165) is 65.9 Å².